The summed E-state index contributed by atoms with van der Waals surface area (Å²) in [6, 6.07) is 12.1. The van der Waals surface area contributed by atoms with Crippen molar-refractivity contribution in [2.24, 2.45) is 5.73 Å². The Morgan fingerprint density at radius 3 is 2.83 bits per heavy atom. The molecule has 2 heterocycles. The maximum atomic E-state index is 11.4. The Labute approximate surface area is 181 Å². The molecule has 1 atom stereocenters. The van der Waals surface area contributed by atoms with Crippen LogP contribution in [0, 0.1) is 0 Å². The van der Waals surface area contributed by atoms with Gasteiger partial charge in [-0.15, -0.1) is 11.3 Å². The number of fused-ring (bicyclic) bond motifs is 1. The van der Waals surface area contributed by atoms with Crippen LogP contribution in [0.1, 0.15) is 51.1 Å². The Morgan fingerprint density at radius 1 is 1.20 bits per heavy atom. The van der Waals surface area contributed by atoms with Gasteiger partial charge >= 0.3 is 0 Å². The predicted octanol–water partition coefficient (Wildman–Crippen LogP) is 3.31. The number of primary amides is 1. The maximum absolute atomic E-state index is 11.4. The lowest BCUT2D eigenvalue weighted by atomic mass is 9.90. The van der Waals surface area contributed by atoms with E-state index in [1.54, 1.807) is 11.3 Å². The highest BCUT2D eigenvalue weighted by Crippen LogP contribution is 2.33. The number of amides is 1. The summed E-state index contributed by atoms with van der Waals surface area (Å²) in [6.07, 6.45) is 7.12. The summed E-state index contributed by atoms with van der Waals surface area (Å²) in [4.78, 5) is 23.0. The third kappa shape index (κ3) is 5.11. The zero-order valence-corrected chi connectivity index (χ0v) is 17.8. The number of aromatic nitrogens is 2. The first-order chi connectivity index (χ1) is 14.7. The van der Waals surface area contributed by atoms with E-state index < -0.39 is 5.91 Å². The number of hydrogen-bond donors (Lipinski definition) is 2. The minimum absolute atomic E-state index is 0.299. The number of benzene rings is 1. The monoisotopic (exact) mass is 421 g/mol. The van der Waals surface area contributed by atoms with Crippen LogP contribution in [0.5, 0.6) is 0 Å². The van der Waals surface area contributed by atoms with E-state index in [0.29, 0.717) is 11.6 Å². The van der Waals surface area contributed by atoms with Gasteiger partial charge in [0.25, 0.3) is 0 Å². The predicted molar refractivity (Wildman–Crippen MR) is 119 cm³/mol. The average molecular weight is 422 g/mol. The van der Waals surface area contributed by atoms with Crippen molar-refractivity contribution in [2.75, 3.05) is 13.1 Å². The number of hydrogen-bond acceptors (Lipinski definition) is 6. The van der Waals surface area contributed by atoms with Gasteiger partial charge < -0.3 is 11.1 Å². The van der Waals surface area contributed by atoms with Gasteiger partial charge in [0.2, 0.25) is 5.91 Å². The second-order valence-electron chi connectivity index (χ2n) is 7.59. The molecule has 4 rings (SSSR count). The van der Waals surface area contributed by atoms with E-state index in [4.69, 9.17) is 10.7 Å². The molecule has 0 aliphatic heterocycles. The molecule has 0 saturated carbocycles. The number of carbonyl (C=O) groups excluding carboxylic acids is 1. The summed E-state index contributed by atoms with van der Waals surface area (Å²) in [5, 5.41) is 6.62. The number of aryl methyl sites for hydroxylation is 1. The smallest absolute Gasteiger partial charge is 0.248 e. The van der Waals surface area contributed by atoms with E-state index in [-0.39, 0.29) is 0 Å². The Morgan fingerprint density at radius 2 is 2.07 bits per heavy atom. The lowest BCUT2D eigenvalue weighted by molar-refractivity contribution is 0.1000. The van der Waals surface area contributed by atoms with E-state index >= 15 is 0 Å². The highest BCUT2D eigenvalue weighted by molar-refractivity contribution is 7.09. The first kappa shape index (κ1) is 20.7. The summed E-state index contributed by atoms with van der Waals surface area (Å²) < 4.78 is 0. The molecule has 6 nitrogen and oxygen atoms in total. The topological polar surface area (TPSA) is 84.1 Å². The minimum Gasteiger partial charge on any atom is -0.366 e. The number of rotatable bonds is 9. The highest BCUT2D eigenvalue weighted by atomic mass is 32.1. The van der Waals surface area contributed by atoms with Gasteiger partial charge in [-0.25, -0.2) is 4.98 Å². The first-order valence-electron chi connectivity index (χ1n) is 10.4. The molecule has 156 valence electrons. The average Bonchev–Trinajstić information content (AvgIpc) is 3.29. The van der Waals surface area contributed by atoms with Crippen molar-refractivity contribution in [3.63, 3.8) is 0 Å². The van der Waals surface area contributed by atoms with Gasteiger partial charge in [-0.1, -0.05) is 18.2 Å². The van der Waals surface area contributed by atoms with Crippen LogP contribution < -0.4 is 11.1 Å². The molecule has 30 heavy (non-hydrogen) atoms. The summed E-state index contributed by atoms with van der Waals surface area (Å²) in [7, 11) is 0. The lowest BCUT2D eigenvalue weighted by Gasteiger charge is -2.35. The Kier molecular flexibility index (Phi) is 6.84. The van der Waals surface area contributed by atoms with Crippen molar-refractivity contribution < 1.29 is 4.79 Å². The van der Waals surface area contributed by atoms with Crippen LogP contribution in [0.4, 0.5) is 0 Å². The second-order valence-corrected chi connectivity index (χ2v) is 8.57. The fraction of sp³-hybridized carbons (Fsp3) is 0.348. The van der Waals surface area contributed by atoms with Gasteiger partial charge in [-0.2, -0.15) is 0 Å². The largest absolute Gasteiger partial charge is 0.366 e. The van der Waals surface area contributed by atoms with Crippen LogP contribution in [-0.4, -0.2) is 33.9 Å². The van der Waals surface area contributed by atoms with Crippen LogP contribution in [0.3, 0.4) is 0 Å². The lowest BCUT2D eigenvalue weighted by Crippen LogP contribution is -2.36. The molecular weight excluding hydrogens is 394 g/mol. The fourth-order valence-corrected chi connectivity index (χ4v) is 4.64. The third-order valence-electron chi connectivity index (χ3n) is 5.57. The van der Waals surface area contributed by atoms with Gasteiger partial charge in [0.15, 0.2) is 0 Å². The van der Waals surface area contributed by atoms with Gasteiger partial charge in [-0.05, 0) is 48.6 Å². The molecule has 3 N–H and O–H groups in total. The number of nitrogens with one attached hydrogen (secondary N) is 1. The Balaban J connectivity index is 1.48. The quantitative estimate of drug-likeness (QED) is 0.518. The first-order valence-corrected chi connectivity index (χ1v) is 11.2. The van der Waals surface area contributed by atoms with Gasteiger partial charge in [0, 0.05) is 49.5 Å². The molecule has 0 radical (unpaired) electrons. The molecule has 0 saturated heterocycles. The van der Waals surface area contributed by atoms with E-state index in [9.17, 15) is 4.79 Å². The number of pyridine rings is 1. The molecule has 1 aliphatic rings. The maximum Gasteiger partial charge on any atom is 0.248 e. The summed E-state index contributed by atoms with van der Waals surface area (Å²) in [5.74, 6) is -0.393. The summed E-state index contributed by atoms with van der Waals surface area (Å²) in [5.41, 5.74) is 9.66. The normalized spacial score (nSPS) is 15.8. The fourth-order valence-electron chi connectivity index (χ4n) is 4.05. The molecule has 3 aromatic rings. The molecule has 1 aliphatic carbocycles. The SMILES string of the molecule is NC(=O)c1ccc(CN(CCNCc2nccs2)C2CCCc3cccnc32)cc1. The molecule has 0 spiro atoms. The third-order valence-corrected chi connectivity index (χ3v) is 6.35. The number of carbonyl (C=O) groups is 1. The van der Waals surface area contributed by atoms with Crippen LogP contribution in [0.2, 0.25) is 0 Å². The number of thiazole rings is 1. The minimum atomic E-state index is -0.393. The van der Waals surface area contributed by atoms with E-state index in [2.05, 4.69) is 21.3 Å². The Bertz CT molecular complexity index is 958. The van der Waals surface area contributed by atoms with Crippen molar-refractivity contribution in [3.05, 3.63) is 81.6 Å². The van der Waals surface area contributed by atoms with E-state index in [1.807, 2.05) is 48.1 Å². The zero-order valence-electron chi connectivity index (χ0n) is 17.0. The van der Waals surface area contributed by atoms with E-state index in [0.717, 1.165) is 44.0 Å². The second kappa shape index (κ2) is 9.93. The van der Waals surface area contributed by atoms with Crippen LogP contribution in [0.15, 0.2) is 54.2 Å². The van der Waals surface area contributed by atoms with Crippen LogP contribution >= 0.6 is 11.3 Å². The molecule has 7 heteroatoms. The molecule has 0 bridgehead atoms. The molecular formula is C23H27N5OS. The van der Waals surface area contributed by atoms with Gasteiger partial charge in [-0.3, -0.25) is 14.7 Å². The molecule has 0 fully saturated rings. The van der Waals surface area contributed by atoms with Crippen molar-refractivity contribution in [1.82, 2.24) is 20.2 Å². The number of nitrogens with zero attached hydrogens (tertiary/aromatic N) is 3. The molecule has 2 aromatic heterocycles. The summed E-state index contributed by atoms with van der Waals surface area (Å²) in [6.45, 7) is 3.37. The molecule has 1 unspecified atom stereocenters. The van der Waals surface area contributed by atoms with Gasteiger partial charge in [0.1, 0.15) is 5.01 Å². The van der Waals surface area contributed by atoms with Crippen molar-refractivity contribution >= 4 is 17.2 Å². The molecule has 1 amide bonds. The van der Waals surface area contributed by atoms with Crippen LogP contribution in [-0.2, 0) is 19.5 Å². The van der Waals surface area contributed by atoms with Crippen molar-refractivity contribution in [3.8, 4) is 0 Å². The van der Waals surface area contributed by atoms with E-state index in [1.165, 1.54) is 23.2 Å². The van der Waals surface area contributed by atoms with Crippen LogP contribution in [0.25, 0.3) is 0 Å². The van der Waals surface area contributed by atoms with Gasteiger partial charge in [0.05, 0.1) is 11.7 Å². The standard InChI is InChI=1S/C23H27N5OS/c24-23(29)19-8-6-17(7-9-19)16-28(13-11-25-15-21-26-12-14-30-21)20-5-1-3-18-4-2-10-27-22(18)20/h2,4,6-10,12,14,20,25H,1,3,5,11,13,15-16H2,(H2,24,29). The molecule has 1 aromatic carbocycles. The zero-order chi connectivity index (χ0) is 20.8. The number of nitrogens with two attached hydrogens (primary N) is 1. The Hall–Kier alpha value is -2.61. The van der Waals surface area contributed by atoms with Crippen molar-refractivity contribution in [2.45, 2.75) is 38.4 Å². The summed E-state index contributed by atoms with van der Waals surface area (Å²) >= 11 is 1.67. The highest BCUT2D eigenvalue weighted by Gasteiger charge is 2.27. The van der Waals surface area contributed by atoms with Crippen molar-refractivity contribution in [1.29, 1.82) is 0 Å².